The molecule has 0 radical (unpaired) electrons. The van der Waals surface area contributed by atoms with Crippen molar-refractivity contribution < 1.29 is 9.53 Å². The number of hydrogen-bond acceptors (Lipinski definition) is 5. The molecule has 29 heavy (non-hydrogen) atoms. The van der Waals surface area contributed by atoms with Gasteiger partial charge in [-0.1, -0.05) is 31.2 Å². The van der Waals surface area contributed by atoms with Crippen LogP contribution in [0.25, 0.3) is 0 Å². The average molecular weight is 390 g/mol. The van der Waals surface area contributed by atoms with E-state index in [1.54, 1.807) is 13.0 Å². The number of aryl methyl sites for hydroxylation is 2. The van der Waals surface area contributed by atoms with Crippen molar-refractivity contribution in [1.82, 2.24) is 9.97 Å². The number of benzene rings is 2. The molecule has 0 saturated heterocycles. The van der Waals surface area contributed by atoms with Gasteiger partial charge in [0.2, 0.25) is 0 Å². The Morgan fingerprint density at radius 3 is 2.48 bits per heavy atom. The lowest BCUT2D eigenvalue weighted by atomic mass is 10.1. The van der Waals surface area contributed by atoms with Gasteiger partial charge < -0.3 is 15.4 Å². The molecular formula is C23H26N4O2. The van der Waals surface area contributed by atoms with Crippen molar-refractivity contribution in [2.75, 3.05) is 10.6 Å². The van der Waals surface area contributed by atoms with Gasteiger partial charge in [-0.3, -0.25) is 4.79 Å². The summed E-state index contributed by atoms with van der Waals surface area (Å²) in [5.41, 5.74) is 3.02. The van der Waals surface area contributed by atoms with Crippen molar-refractivity contribution in [3.8, 4) is 5.75 Å². The third-order valence-corrected chi connectivity index (χ3v) is 4.20. The van der Waals surface area contributed by atoms with Crippen LogP contribution in [0.1, 0.15) is 42.6 Å². The second-order valence-corrected chi connectivity index (χ2v) is 6.98. The van der Waals surface area contributed by atoms with Crippen LogP contribution in [0.5, 0.6) is 5.75 Å². The van der Waals surface area contributed by atoms with Gasteiger partial charge >= 0.3 is 0 Å². The summed E-state index contributed by atoms with van der Waals surface area (Å²) >= 11 is 0. The summed E-state index contributed by atoms with van der Waals surface area (Å²) < 4.78 is 5.84. The van der Waals surface area contributed by atoms with Crippen LogP contribution in [0, 0.1) is 6.92 Å². The molecule has 6 heteroatoms. The van der Waals surface area contributed by atoms with Gasteiger partial charge in [0.15, 0.2) is 0 Å². The molecule has 1 heterocycles. The fourth-order valence-electron chi connectivity index (χ4n) is 2.83. The number of rotatable bonds is 7. The molecular weight excluding hydrogens is 364 g/mol. The maximum Gasteiger partial charge on any atom is 0.274 e. The number of carbonyl (C=O) groups is 1. The Morgan fingerprint density at radius 1 is 1.07 bits per heavy atom. The molecule has 3 rings (SSSR count). The number of carbonyl (C=O) groups excluding carboxylic acids is 1. The molecule has 0 atom stereocenters. The zero-order valence-electron chi connectivity index (χ0n) is 17.2. The van der Waals surface area contributed by atoms with E-state index in [1.165, 1.54) is 5.56 Å². The molecule has 0 aliphatic carbocycles. The molecule has 1 amide bonds. The first kappa shape index (κ1) is 20.3. The summed E-state index contributed by atoms with van der Waals surface area (Å²) in [5.74, 6) is 1.47. The van der Waals surface area contributed by atoms with Gasteiger partial charge in [0.25, 0.3) is 5.91 Å². The summed E-state index contributed by atoms with van der Waals surface area (Å²) in [4.78, 5) is 21.4. The first-order chi connectivity index (χ1) is 13.9. The van der Waals surface area contributed by atoms with Crippen LogP contribution >= 0.6 is 0 Å². The maximum atomic E-state index is 12.7. The topological polar surface area (TPSA) is 76.1 Å². The van der Waals surface area contributed by atoms with Gasteiger partial charge in [0.1, 0.15) is 23.1 Å². The highest BCUT2D eigenvalue weighted by Crippen LogP contribution is 2.28. The Balaban J connectivity index is 1.80. The Bertz CT molecular complexity index is 984. The van der Waals surface area contributed by atoms with Crippen molar-refractivity contribution >= 4 is 23.1 Å². The smallest absolute Gasteiger partial charge is 0.274 e. The maximum absolute atomic E-state index is 12.7. The highest BCUT2D eigenvalue weighted by molar-refractivity contribution is 6.03. The molecule has 0 saturated carbocycles. The van der Waals surface area contributed by atoms with Crippen LogP contribution in [0.4, 0.5) is 17.2 Å². The largest absolute Gasteiger partial charge is 0.489 e. The molecule has 150 valence electrons. The normalized spacial score (nSPS) is 10.7. The fourth-order valence-corrected chi connectivity index (χ4v) is 2.83. The van der Waals surface area contributed by atoms with E-state index < -0.39 is 0 Å². The molecule has 0 unspecified atom stereocenters. The molecule has 6 nitrogen and oxygen atoms in total. The Morgan fingerprint density at radius 2 is 1.79 bits per heavy atom. The molecule has 0 spiro atoms. The number of anilines is 3. The monoisotopic (exact) mass is 390 g/mol. The second kappa shape index (κ2) is 9.19. The molecule has 0 aliphatic rings. The highest BCUT2D eigenvalue weighted by Gasteiger charge is 2.13. The Hall–Kier alpha value is -3.41. The van der Waals surface area contributed by atoms with Crippen molar-refractivity contribution in [2.24, 2.45) is 0 Å². The molecule has 2 aromatic carbocycles. The van der Waals surface area contributed by atoms with E-state index in [1.807, 2.05) is 62.4 Å². The van der Waals surface area contributed by atoms with E-state index in [-0.39, 0.29) is 12.0 Å². The lowest BCUT2D eigenvalue weighted by molar-refractivity contribution is 0.102. The number of para-hydroxylation sites is 2. The van der Waals surface area contributed by atoms with Crippen LogP contribution in [0.2, 0.25) is 0 Å². The number of ether oxygens (including phenoxy) is 1. The summed E-state index contributed by atoms with van der Waals surface area (Å²) in [5, 5.41) is 6.12. The van der Waals surface area contributed by atoms with E-state index in [2.05, 4.69) is 27.5 Å². The Kier molecular flexibility index (Phi) is 6.44. The molecule has 1 aromatic heterocycles. The number of nitrogens with zero attached hydrogens (tertiary/aromatic N) is 2. The predicted octanol–water partition coefficient (Wildman–Crippen LogP) is 5.13. The Labute approximate surface area is 171 Å². The van der Waals surface area contributed by atoms with Gasteiger partial charge in [-0.2, -0.15) is 0 Å². The van der Waals surface area contributed by atoms with Crippen LogP contribution in [-0.4, -0.2) is 22.0 Å². The van der Waals surface area contributed by atoms with Crippen molar-refractivity contribution in [2.45, 2.75) is 40.2 Å². The quantitative estimate of drug-likeness (QED) is 0.585. The van der Waals surface area contributed by atoms with Crippen LogP contribution in [0.3, 0.4) is 0 Å². The molecule has 2 N–H and O–H groups in total. The van der Waals surface area contributed by atoms with Gasteiger partial charge in [0.05, 0.1) is 11.8 Å². The molecule has 0 aliphatic heterocycles. The van der Waals surface area contributed by atoms with Gasteiger partial charge in [-0.15, -0.1) is 0 Å². The van der Waals surface area contributed by atoms with E-state index >= 15 is 0 Å². The second-order valence-electron chi connectivity index (χ2n) is 6.98. The number of amides is 1. The third-order valence-electron chi connectivity index (χ3n) is 4.20. The zero-order valence-corrected chi connectivity index (χ0v) is 17.2. The van der Waals surface area contributed by atoms with E-state index in [4.69, 9.17) is 4.74 Å². The van der Waals surface area contributed by atoms with E-state index in [0.717, 1.165) is 23.5 Å². The summed E-state index contributed by atoms with van der Waals surface area (Å²) in [6.45, 7) is 7.80. The number of nitrogens with one attached hydrogen (secondary N) is 2. The number of aromatic nitrogens is 2. The van der Waals surface area contributed by atoms with Crippen LogP contribution < -0.4 is 15.4 Å². The average Bonchev–Trinajstić information content (AvgIpc) is 2.69. The molecule has 0 fully saturated rings. The zero-order chi connectivity index (χ0) is 20.8. The summed E-state index contributed by atoms with van der Waals surface area (Å²) in [6.07, 6.45) is 1.00. The minimum absolute atomic E-state index is 0.0468. The lowest BCUT2D eigenvalue weighted by Gasteiger charge is -2.15. The van der Waals surface area contributed by atoms with Gasteiger partial charge in [-0.05, 0) is 57.0 Å². The molecule has 0 bridgehead atoms. The van der Waals surface area contributed by atoms with Crippen molar-refractivity contribution in [3.63, 3.8) is 0 Å². The van der Waals surface area contributed by atoms with Crippen molar-refractivity contribution in [3.05, 3.63) is 71.7 Å². The lowest BCUT2D eigenvalue weighted by Crippen LogP contribution is -2.15. The van der Waals surface area contributed by atoms with E-state index in [0.29, 0.717) is 17.3 Å². The van der Waals surface area contributed by atoms with E-state index in [9.17, 15) is 4.79 Å². The van der Waals surface area contributed by atoms with Crippen molar-refractivity contribution in [1.29, 1.82) is 0 Å². The highest BCUT2D eigenvalue weighted by atomic mass is 16.5. The van der Waals surface area contributed by atoms with Gasteiger partial charge in [-0.25, -0.2) is 9.97 Å². The standard InChI is InChI=1S/C23H26N4O2/c1-5-17-10-12-18(13-11-17)26-23(28)20-14-22(25-16(4)24-20)27-19-8-6-7-9-21(19)29-15(2)3/h6-15H,5H2,1-4H3,(H,26,28)(H,24,25,27). The number of hydrogen-bond donors (Lipinski definition) is 2. The fraction of sp³-hybridized carbons (Fsp3) is 0.261. The predicted molar refractivity (Wildman–Crippen MR) is 116 cm³/mol. The third kappa shape index (κ3) is 5.54. The SMILES string of the molecule is CCc1ccc(NC(=O)c2cc(Nc3ccccc3OC(C)C)nc(C)n2)cc1. The van der Waals surface area contributed by atoms with Crippen LogP contribution in [-0.2, 0) is 6.42 Å². The minimum atomic E-state index is -0.283. The summed E-state index contributed by atoms with van der Waals surface area (Å²) in [6, 6.07) is 17.0. The summed E-state index contributed by atoms with van der Waals surface area (Å²) in [7, 11) is 0. The van der Waals surface area contributed by atoms with Crippen LogP contribution in [0.15, 0.2) is 54.6 Å². The van der Waals surface area contributed by atoms with Gasteiger partial charge in [0, 0.05) is 11.8 Å². The minimum Gasteiger partial charge on any atom is -0.489 e. The first-order valence-corrected chi connectivity index (χ1v) is 9.73. The molecule has 3 aromatic rings. The first-order valence-electron chi connectivity index (χ1n) is 9.73.